The van der Waals surface area contributed by atoms with E-state index in [1.165, 1.54) is 12.0 Å². The Morgan fingerprint density at radius 3 is 2.52 bits per heavy atom. The Morgan fingerprint density at radius 1 is 1.28 bits per heavy atom. The normalized spacial score (nSPS) is 17.0. The highest BCUT2D eigenvalue weighted by Crippen LogP contribution is 2.09. The van der Waals surface area contributed by atoms with Crippen molar-refractivity contribution >= 4 is 11.8 Å². The Balaban J connectivity index is 1.92. The zero-order valence-electron chi connectivity index (χ0n) is 14.9. The van der Waals surface area contributed by atoms with Gasteiger partial charge < -0.3 is 25.0 Å². The SMILES string of the molecule is COC(C(=O)N(C)CCc1ccccc1)C(O)C(=O)N1CCNCC1. The molecule has 0 aliphatic carbocycles. The van der Waals surface area contributed by atoms with Crippen LogP contribution in [0, 0.1) is 0 Å². The second-order valence-electron chi connectivity index (χ2n) is 6.17. The number of methoxy groups -OCH3 is 1. The minimum absolute atomic E-state index is 0.394. The largest absolute Gasteiger partial charge is 0.380 e. The molecule has 25 heavy (non-hydrogen) atoms. The zero-order valence-corrected chi connectivity index (χ0v) is 14.9. The number of nitrogens with zero attached hydrogens (tertiary/aromatic N) is 2. The Morgan fingerprint density at radius 2 is 1.92 bits per heavy atom. The minimum atomic E-state index is -1.49. The standard InChI is InChI=1S/C18H27N3O4/c1-20(11-8-14-6-4-3-5-7-14)18(24)16(25-2)15(22)17(23)21-12-9-19-10-13-21/h3-7,15-16,19,22H,8-13H2,1-2H3. The van der Waals surface area contributed by atoms with E-state index < -0.39 is 24.0 Å². The molecule has 0 bridgehead atoms. The van der Waals surface area contributed by atoms with Gasteiger partial charge >= 0.3 is 0 Å². The number of piperazine rings is 1. The summed E-state index contributed by atoms with van der Waals surface area (Å²) in [5, 5.41) is 13.5. The van der Waals surface area contributed by atoms with E-state index in [0.29, 0.717) is 39.1 Å². The van der Waals surface area contributed by atoms with Crippen LogP contribution in [0.15, 0.2) is 30.3 Å². The predicted molar refractivity (Wildman–Crippen MR) is 94.0 cm³/mol. The van der Waals surface area contributed by atoms with Crippen molar-refractivity contribution in [1.29, 1.82) is 0 Å². The summed E-state index contributed by atoms with van der Waals surface area (Å²) >= 11 is 0. The van der Waals surface area contributed by atoms with Gasteiger partial charge in [0.2, 0.25) is 0 Å². The lowest BCUT2D eigenvalue weighted by atomic mass is 10.1. The van der Waals surface area contributed by atoms with Crippen molar-refractivity contribution in [2.24, 2.45) is 0 Å². The minimum Gasteiger partial charge on any atom is -0.380 e. The maximum Gasteiger partial charge on any atom is 0.254 e. The van der Waals surface area contributed by atoms with E-state index in [1.807, 2.05) is 30.3 Å². The van der Waals surface area contributed by atoms with Crippen LogP contribution in [0.5, 0.6) is 0 Å². The van der Waals surface area contributed by atoms with Crippen LogP contribution in [-0.4, -0.2) is 85.8 Å². The quantitative estimate of drug-likeness (QED) is 0.693. The number of carbonyl (C=O) groups excluding carboxylic acids is 2. The lowest BCUT2D eigenvalue weighted by Crippen LogP contribution is -2.55. The van der Waals surface area contributed by atoms with Gasteiger partial charge in [-0.15, -0.1) is 0 Å². The van der Waals surface area contributed by atoms with Crippen LogP contribution in [0.3, 0.4) is 0 Å². The molecule has 1 aromatic carbocycles. The predicted octanol–water partition coefficient (Wildman–Crippen LogP) is -0.505. The number of rotatable bonds is 7. The molecule has 7 nitrogen and oxygen atoms in total. The highest BCUT2D eigenvalue weighted by atomic mass is 16.5. The van der Waals surface area contributed by atoms with Crippen molar-refractivity contribution in [2.75, 3.05) is 46.9 Å². The van der Waals surface area contributed by atoms with Gasteiger partial charge in [-0.3, -0.25) is 9.59 Å². The molecule has 1 aliphatic rings. The third-order valence-corrected chi connectivity index (χ3v) is 4.42. The summed E-state index contributed by atoms with van der Waals surface area (Å²) < 4.78 is 5.15. The fraction of sp³-hybridized carbons (Fsp3) is 0.556. The number of hydrogen-bond acceptors (Lipinski definition) is 5. The first-order chi connectivity index (χ1) is 12.0. The lowest BCUT2D eigenvalue weighted by molar-refractivity contribution is -0.160. The third-order valence-electron chi connectivity index (χ3n) is 4.42. The first-order valence-corrected chi connectivity index (χ1v) is 8.54. The molecule has 138 valence electrons. The molecule has 2 amide bonds. The van der Waals surface area contributed by atoms with Crippen molar-refractivity contribution in [3.63, 3.8) is 0 Å². The Kier molecular flexibility index (Phi) is 7.36. The van der Waals surface area contributed by atoms with Gasteiger partial charge in [0.1, 0.15) is 0 Å². The van der Waals surface area contributed by atoms with Gasteiger partial charge in [-0.1, -0.05) is 30.3 Å². The second-order valence-corrected chi connectivity index (χ2v) is 6.17. The molecule has 0 spiro atoms. The van der Waals surface area contributed by atoms with E-state index >= 15 is 0 Å². The first kappa shape index (κ1) is 19.4. The summed E-state index contributed by atoms with van der Waals surface area (Å²) in [6.45, 7) is 2.88. The van der Waals surface area contributed by atoms with Crippen molar-refractivity contribution in [3.8, 4) is 0 Å². The zero-order chi connectivity index (χ0) is 18.2. The average Bonchev–Trinajstić information content (AvgIpc) is 2.67. The van der Waals surface area contributed by atoms with Crippen LogP contribution in [0.2, 0.25) is 0 Å². The third kappa shape index (κ3) is 5.26. The molecule has 7 heteroatoms. The van der Waals surface area contributed by atoms with E-state index in [2.05, 4.69) is 5.32 Å². The van der Waals surface area contributed by atoms with Crippen LogP contribution in [0.25, 0.3) is 0 Å². The fourth-order valence-electron chi connectivity index (χ4n) is 2.84. The summed E-state index contributed by atoms with van der Waals surface area (Å²) in [5.74, 6) is -0.854. The van der Waals surface area contributed by atoms with Gasteiger partial charge in [-0.25, -0.2) is 0 Å². The van der Waals surface area contributed by atoms with Crippen LogP contribution in [-0.2, 0) is 20.7 Å². The van der Waals surface area contributed by atoms with Crippen molar-refractivity contribution in [2.45, 2.75) is 18.6 Å². The van der Waals surface area contributed by atoms with Gasteiger partial charge in [0.25, 0.3) is 11.8 Å². The van der Waals surface area contributed by atoms with E-state index in [-0.39, 0.29) is 0 Å². The molecule has 1 aromatic rings. The molecule has 1 saturated heterocycles. The number of likely N-dealkylation sites (N-methyl/N-ethyl adjacent to an activating group) is 1. The molecule has 2 N–H and O–H groups in total. The molecule has 2 atom stereocenters. The number of amides is 2. The molecule has 1 aliphatic heterocycles. The van der Waals surface area contributed by atoms with Crippen LogP contribution >= 0.6 is 0 Å². The van der Waals surface area contributed by atoms with E-state index in [1.54, 1.807) is 11.9 Å². The fourth-order valence-corrected chi connectivity index (χ4v) is 2.84. The van der Waals surface area contributed by atoms with Gasteiger partial charge in [0.05, 0.1) is 0 Å². The van der Waals surface area contributed by atoms with Crippen LogP contribution < -0.4 is 5.32 Å². The van der Waals surface area contributed by atoms with Crippen molar-refractivity contribution in [1.82, 2.24) is 15.1 Å². The Labute approximate surface area is 148 Å². The average molecular weight is 349 g/mol. The number of ether oxygens (including phenoxy) is 1. The number of aliphatic hydroxyl groups is 1. The van der Waals surface area contributed by atoms with Gasteiger partial charge in [-0.05, 0) is 12.0 Å². The van der Waals surface area contributed by atoms with Crippen LogP contribution in [0.4, 0.5) is 0 Å². The molecule has 0 aromatic heterocycles. The molecular formula is C18H27N3O4. The molecule has 2 rings (SSSR count). The van der Waals surface area contributed by atoms with E-state index in [0.717, 1.165) is 5.56 Å². The number of benzene rings is 1. The van der Waals surface area contributed by atoms with Gasteiger partial charge in [0, 0.05) is 46.9 Å². The molecule has 1 fully saturated rings. The maximum atomic E-state index is 12.6. The first-order valence-electron chi connectivity index (χ1n) is 8.54. The summed E-state index contributed by atoms with van der Waals surface area (Å²) in [6, 6.07) is 9.83. The number of aliphatic hydroxyl groups excluding tert-OH is 1. The van der Waals surface area contributed by atoms with Crippen molar-refractivity contribution < 1.29 is 19.4 Å². The molecule has 2 unspecified atom stereocenters. The van der Waals surface area contributed by atoms with E-state index in [9.17, 15) is 14.7 Å². The Hall–Kier alpha value is -1.96. The van der Waals surface area contributed by atoms with Gasteiger partial charge in [-0.2, -0.15) is 0 Å². The molecular weight excluding hydrogens is 322 g/mol. The highest BCUT2D eigenvalue weighted by molar-refractivity contribution is 5.91. The summed E-state index contributed by atoms with van der Waals surface area (Å²) in [4.78, 5) is 28.0. The summed E-state index contributed by atoms with van der Waals surface area (Å²) in [6.07, 6.45) is -1.99. The molecule has 0 saturated carbocycles. The second kappa shape index (κ2) is 9.50. The summed E-state index contributed by atoms with van der Waals surface area (Å²) in [7, 11) is 2.99. The molecule has 1 heterocycles. The van der Waals surface area contributed by atoms with Crippen molar-refractivity contribution in [3.05, 3.63) is 35.9 Å². The smallest absolute Gasteiger partial charge is 0.254 e. The highest BCUT2D eigenvalue weighted by Gasteiger charge is 2.36. The molecule has 0 radical (unpaired) electrons. The number of nitrogens with one attached hydrogen (secondary N) is 1. The number of hydrogen-bond donors (Lipinski definition) is 2. The van der Waals surface area contributed by atoms with Crippen LogP contribution in [0.1, 0.15) is 5.56 Å². The number of carbonyl (C=O) groups is 2. The summed E-state index contributed by atoms with van der Waals surface area (Å²) in [5.41, 5.74) is 1.12. The topological polar surface area (TPSA) is 82.1 Å². The monoisotopic (exact) mass is 349 g/mol. The Bertz CT molecular complexity index is 561. The van der Waals surface area contributed by atoms with Gasteiger partial charge in [0.15, 0.2) is 12.2 Å². The van der Waals surface area contributed by atoms with E-state index in [4.69, 9.17) is 4.74 Å². The lowest BCUT2D eigenvalue weighted by Gasteiger charge is -2.32. The maximum absolute atomic E-state index is 12.6.